The van der Waals surface area contributed by atoms with Gasteiger partial charge in [-0.3, -0.25) is 14.7 Å². The average molecular weight is 434 g/mol. The number of carbonyl (C=O) groups excluding carboxylic acids is 1. The van der Waals surface area contributed by atoms with Crippen molar-refractivity contribution < 1.29 is 14.3 Å². The van der Waals surface area contributed by atoms with E-state index in [1.54, 1.807) is 14.2 Å². The van der Waals surface area contributed by atoms with E-state index in [9.17, 15) is 4.79 Å². The van der Waals surface area contributed by atoms with E-state index in [0.717, 1.165) is 48.4 Å². The number of hydrogen-bond acceptors (Lipinski definition) is 5. The summed E-state index contributed by atoms with van der Waals surface area (Å²) >= 11 is 0. The quantitative estimate of drug-likeness (QED) is 0.546. The molecule has 1 fully saturated rings. The first-order valence-electron chi connectivity index (χ1n) is 11.1. The van der Waals surface area contributed by atoms with Crippen LogP contribution < -0.4 is 10.1 Å². The lowest BCUT2D eigenvalue weighted by Gasteiger charge is -2.19. The number of fused-ring (bicyclic) bond motifs is 1. The highest BCUT2D eigenvalue weighted by Crippen LogP contribution is 2.31. The fraction of sp³-hybridized carbons (Fsp3) is 0.385. The number of para-hydroxylation sites is 1. The molecule has 1 N–H and O–H groups in total. The average Bonchev–Trinajstić information content (AvgIpc) is 3.28. The van der Waals surface area contributed by atoms with Gasteiger partial charge >= 0.3 is 0 Å². The van der Waals surface area contributed by atoms with Gasteiger partial charge in [0.25, 0.3) is 5.91 Å². The predicted octanol–water partition coefficient (Wildman–Crippen LogP) is 3.92. The maximum Gasteiger partial charge on any atom is 0.252 e. The Morgan fingerprint density at radius 1 is 1.19 bits per heavy atom. The van der Waals surface area contributed by atoms with Crippen LogP contribution in [-0.2, 0) is 11.3 Å². The van der Waals surface area contributed by atoms with Gasteiger partial charge < -0.3 is 14.8 Å². The first kappa shape index (κ1) is 22.2. The van der Waals surface area contributed by atoms with E-state index in [1.165, 1.54) is 11.1 Å². The molecule has 0 aliphatic carbocycles. The molecule has 0 radical (unpaired) electrons. The lowest BCUT2D eigenvalue weighted by molar-refractivity contribution is 0.0938. The molecule has 2 heterocycles. The second kappa shape index (κ2) is 10.1. The number of benzene rings is 2. The molecule has 1 amide bonds. The summed E-state index contributed by atoms with van der Waals surface area (Å²) in [4.78, 5) is 20.3. The molecule has 1 saturated heterocycles. The van der Waals surface area contributed by atoms with Crippen LogP contribution in [0.2, 0.25) is 0 Å². The number of amides is 1. The molecule has 1 aliphatic heterocycles. The van der Waals surface area contributed by atoms with Gasteiger partial charge in [0.2, 0.25) is 0 Å². The van der Waals surface area contributed by atoms with Crippen LogP contribution in [0, 0.1) is 6.92 Å². The number of carbonyl (C=O) groups is 1. The van der Waals surface area contributed by atoms with Crippen molar-refractivity contribution in [1.29, 1.82) is 0 Å². The van der Waals surface area contributed by atoms with Gasteiger partial charge in [0, 0.05) is 49.3 Å². The number of pyridine rings is 1. The second-order valence-corrected chi connectivity index (χ2v) is 8.40. The molecule has 168 valence electrons. The third kappa shape index (κ3) is 4.92. The molecule has 2 aromatic carbocycles. The number of methoxy groups -OCH3 is 2. The van der Waals surface area contributed by atoms with Crippen LogP contribution >= 0.6 is 0 Å². The number of nitrogens with one attached hydrogen (secondary N) is 1. The fourth-order valence-electron chi connectivity index (χ4n) is 4.40. The Labute approximate surface area is 189 Å². The monoisotopic (exact) mass is 433 g/mol. The highest BCUT2D eigenvalue weighted by molar-refractivity contribution is 6.06. The van der Waals surface area contributed by atoms with Crippen LogP contribution in [0.4, 0.5) is 0 Å². The van der Waals surface area contributed by atoms with Crippen molar-refractivity contribution in [3.8, 4) is 5.75 Å². The Morgan fingerprint density at radius 2 is 2.03 bits per heavy atom. The third-order valence-electron chi connectivity index (χ3n) is 6.10. The van der Waals surface area contributed by atoms with Crippen molar-refractivity contribution in [3.63, 3.8) is 0 Å². The molecule has 6 heteroatoms. The SMILES string of the molecule is COCCNC(=O)c1cc([C@H]2CCN(Cc3ccc(C)cc3OC)C2)nc2ccccc12. The maximum absolute atomic E-state index is 12.9. The minimum Gasteiger partial charge on any atom is -0.496 e. The third-order valence-corrected chi connectivity index (χ3v) is 6.10. The van der Waals surface area contributed by atoms with Gasteiger partial charge in [-0.15, -0.1) is 0 Å². The molecule has 32 heavy (non-hydrogen) atoms. The Kier molecular flexibility index (Phi) is 7.02. The summed E-state index contributed by atoms with van der Waals surface area (Å²) in [6.07, 6.45) is 1.02. The second-order valence-electron chi connectivity index (χ2n) is 8.40. The Bertz CT molecular complexity index is 1100. The van der Waals surface area contributed by atoms with Gasteiger partial charge in [0.1, 0.15) is 5.75 Å². The van der Waals surface area contributed by atoms with Gasteiger partial charge in [-0.25, -0.2) is 0 Å². The molecular formula is C26H31N3O3. The van der Waals surface area contributed by atoms with Crippen molar-refractivity contribution >= 4 is 16.8 Å². The van der Waals surface area contributed by atoms with Gasteiger partial charge in [-0.1, -0.05) is 30.3 Å². The van der Waals surface area contributed by atoms with Crippen molar-refractivity contribution in [3.05, 3.63) is 70.9 Å². The number of aromatic nitrogens is 1. The smallest absolute Gasteiger partial charge is 0.252 e. The fourth-order valence-corrected chi connectivity index (χ4v) is 4.40. The van der Waals surface area contributed by atoms with Crippen LogP contribution in [0.5, 0.6) is 5.75 Å². The normalized spacial score (nSPS) is 16.4. The topological polar surface area (TPSA) is 63.7 Å². The van der Waals surface area contributed by atoms with Crippen LogP contribution in [0.3, 0.4) is 0 Å². The molecule has 1 atom stereocenters. The van der Waals surface area contributed by atoms with E-state index in [0.29, 0.717) is 24.6 Å². The Morgan fingerprint density at radius 3 is 2.84 bits per heavy atom. The van der Waals surface area contributed by atoms with Crippen LogP contribution in [0.1, 0.15) is 39.5 Å². The highest BCUT2D eigenvalue weighted by atomic mass is 16.5. The van der Waals surface area contributed by atoms with Crippen molar-refractivity contribution in [2.24, 2.45) is 0 Å². The zero-order chi connectivity index (χ0) is 22.5. The van der Waals surface area contributed by atoms with Crippen LogP contribution in [0.25, 0.3) is 10.9 Å². The van der Waals surface area contributed by atoms with E-state index >= 15 is 0 Å². The number of hydrogen-bond donors (Lipinski definition) is 1. The molecule has 0 bridgehead atoms. The summed E-state index contributed by atoms with van der Waals surface area (Å²) in [6.45, 7) is 5.79. The minimum atomic E-state index is -0.0823. The van der Waals surface area contributed by atoms with Gasteiger partial charge in [-0.2, -0.15) is 0 Å². The molecule has 6 nitrogen and oxygen atoms in total. The van der Waals surface area contributed by atoms with E-state index in [1.807, 2.05) is 30.3 Å². The molecule has 0 unspecified atom stereocenters. The summed E-state index contributed by atoms with van der Waals surface area (Å²) in [5, 5.41) is 3.83. The maximum atomic E-state index is 12.9. The van der Waals surface area contributed by atoms with E-state index in [-0.39, 0.29) is 5.91 Å². The van der Waals surface area contributed by atoms with Crippen molar-refractivity contribution in [2.45, 2.75) is 25.8 Å². The Balaban J connectivity index is 1.54. The van der Waals surface area contributed by atoms with Gasteiger partial charge in [0.15, 0.2) is 0 Å². The van der Waals surface area contributed by atoms with Crippen LogP contribution in [-0.4, -0.2) is 56.3 Å². The molecule has 1 aromatic heterocycles. The van der Waals surface area contributed by atoms with Crippen molar-refractivity contribution in [2.75, 3.05) is 40.5 Å². The minimum absolute atomic E-state index is 0.0823. The first-order valence-corrected chi connectivity index (χ1v) is 11.1. The summed E-state index contributed by atoms with van der Waals surface area (Å²) < 4.78 is 10.6. The summed E-state index contributed by atoms with van der Waals surface area (Å²) in [5.74, 6) is 1.15. The van der Waals surface area contributed by atoms with Gasteiger partial charge in [0.05, 0.1) is 24.8 Å². The van der Waals surface area contributed by atoms with Crippen molar-refractivity contribution in [1.82, 2.24) is 15.2 Å². The lowest BCUT2D eigenvalue weighted by Crippen LogP contribution is -2.27. The zero-order valence-corrected chi connectivity index (χ0v) is 19.1. The number of ether oxygens (including phenoxy) is 2. The molecule has 0 saturated carbocycles. The summed E-state index contributed by atoms with van der Waals surface area (Å²) in [7, 11) is 3.35. The van der Waals surface area contributed by atoms with E-state index < -0.39 is 0 Å². The molecular weight excluding hydrogens is 402 g/mol. The number of likely N-dealkylation sites (tertiary alicyclic amines) is 1. The first-order chi connectivity index (χ1) is 15.6. The molecule has 0 spiro atoms. The van der Waals surface area contributed by atoms with Crippen LogP contribution in [0.15, 0.2) is 48.5 Å². The Hall–Kier alpha value is -2.96. The standard InChI is InChI=1S/C26H31N3O3/c1-18-8-9-20(25(14-18)32-3)17-29-12-10-19(16-29)24-15-22(26(30)27-11-13-31-2)21-6-4-5-7-23(21)28-24/h4-9,14-15,19H,10-13,16-17H2,1-3H3,(H,27,30)/t19-/m0/s1. The van der Waals surface area contributed by atoms with E-state index in [2.05, 4.69) is 35.3 Å². The number of rotatable bonds is 8. The molecule has 1 aliphatic rings. The zero-order valence-electron chi connectivity index (χ0n) is 19.1. The largest absolute Gasteiger partial charge is 0.496 e. The molecule has 4 rings (SSSR count). The lowest BCUT2D eigenvalue weighted by atomic mass is 9.99. The van der Waals surface area contributed by atoms with Gasteiger partial charge in [-0.05, 0) is 43.7 Å². The summed E-state index contributed by atoms with van der Waals surface area (Å²) in [6, 6.07) is 16.2. The summed E-state index contributed by atoms with van der Waals surface area (Å²) in [5.41, 5.74) is 4.92. The number of aryl methyl sites for hydroxylation is 1. The molecule has 3 aromatic rings. The number of nitrogens with zero attached hydrogens (tertiary/aromatic N) is 2. The highest BCUT2D eigenvalue weighted by Gasteiger charge is 2.27. The van der Waals surface area contributed by atoms with E-state index in [4.69, 9.17) is 14.5 Å². The predicted molar refractivity (Wildman–Crippen MR) is 126 cm³/mol.